The molecule has 0 aliphatic heterocycles. The van der Waals surface area contributed by atoms with Gasteiger partial charge < -0.3 is 27.1 Å². The van der Waals surface area contributed by atoms with Crippen LogP contribution in [0.3, 0.4) is 0 Å². The first-order chi connectivity index (χ1) is 9.22. The van der Waals surface area contributed by atoms with Gasteiger partial charge in [0.25, 0.3) is 0 Å². The Hall–Kier alpha value is 1.16. The van der Waals surface area contributed by atoms with Crippen LogP contribution in [0, 0.1) is 0 Å². The van der Waals surface area contributed by atoms with Crippen molar-refractivity contribution in [1.29, 1.82) is 0 Å². The van der Waals surface area contributed by atoms with Crippen molar-refractivity contribution in [2.45, 2.75) is 91.3 Å². The summed E-state index contributed by atoms with van der Waals surface area (Å²) < 4.78 is 0. The second-order valence-corrected chi connectivity index (χ2v) is 5.19. The van der Waals surface area contributed by atoms with E-state index in [1.54, 1.807) is 6.92 Å². The Bertz CT molecular complexity index is 203. The molecule has 0 fully saturated rings. The van der Waals surface area contributed by atoms with Crippen LogP contribution in [-0.4, -0.2) is 24.1 Å². The Balaban J connectivity index is -0.000000103. The smallest absolute Gasteiger partial charge is 0.548 e. The van der Waals surface area contributed by atoms with Gasteiger partial charge in [-0.3, -0.25) is 0 Å². The van der Waals surface area contributed by atoms with Crippen LogP contribution >= 0.6 is 0 Å². The Morgan fingerprint density at radius 3 is 1.52 bits per heavy atom. The topological polar surface area (TPSA) is 118 Å². The van der Waals surface area contributed by atoms with Crippen molar-refractivity contribution in [3.63, 3.8) is 0 Å². The molecule has 6 heteroatoms. The first-order valence-electron chi connectivity index (χ1n) is 7.70. The fourth-order valence-electron chi connectivity index (χ4n) is 0.883. The molecule has 0 unspecified atom stereocenters. The minimum atomic E-state index is -1.18. The summed E-state index contributed by atoms with van der Waals surface area (Å²) >= 11 is 0. The summed E-state index contributed by atoms with van der Waals surface area (Å²) in [5.74, 6) is -1.18. The monoisotopic (exact) mass is 375 g/mol. The summed E-state index contributed by atoms with van der Waals surface area (Å²) in [6, 6.07) is -0.00319. The molecule has 0 amide bonds. The van der Waals surface area contributed by atoms with E-state index in [1.807, 2.05) is 6.92 Å². The minimum absolute atomic E-state index is 0. The molecule has 6 N–H and O–H groups in total. The Labute approximate surface area is 180 Å². The molecule has 3 atom stereocenters. The van der Waals surface area contributed by atoms with Crippen molar-refractivity contribution >= 4 is 5.97 Å². The van der Waals surface area contributed by atoms with Crippen molar-refractivity contribution in [2.75, 3.05) is 0 Å². The number of unbranched alkanes of at least 4 members (excludes halogenated alkanes) is 2. The normalized spacial score (nSPS) is 13.3. The molecule has 0 bridgehead atoms. The van der Waals surface area contributed by atoms with Crippen LogP contribution in [0.15, 0.2) is 0 Å². The van der Waals surface area contributed by atoms with Crippen molar-refractivity contribution in [2.24, 2.45) is 17.2 Å². The number of hydrogen-bond acceptors (Lipinski definition) is 5. The third kappa shape index (κ3) is 38.7. The maximum Gasteiger partial charge on any atom is 1.00 e. The minimum Gasteiger partial charge on any atom is -0.548 e. The number of rotatable bonds is 7. The van der Waals surface area contributed by atoms with Gasteiger partial charge in [0.15, 0.2) is 0 Å². The van der Waals surface area contributed by atoms with Gasteiger partial charge in [-0.1, -0.05) is 40.0 Å². The fraction of sp³-hybridized carbons (Fsp3) is 0.933. The van der Waals surface area contributed by atoms with E-state index in [2.05, 4.69) is 20.8 Å². The van der Waals surface area contributed by atoms with Crippen LogP contribution < -0.4 is 80.5 Å². The first-order valence-corrected chi connectivity index (χ1v) is 7.70. The van der Waals surface area contributed by atoms with Gasteiger partial charge in [-0.25, -0.2) is 0 Å². The van der Waals surface area contributed by atoms with Crippen LogP contribution in [0.5, 0.6) is 0 Å². The van der Waals surface area contributed by atoms with Gasteiger partial charge in [0.05, 0.1) is 5.97 Å². The fourth-order valence-corrected chi connectivity index (χ4v) is 0.883. The molecule has 0 aliphatic carbocycles. The molecule has 0 saturated heterocycles. The van der Waals surface area contributed by atoms with Crippen LogP contribution in [-0.2, 0) is 4.79 Å². The number of carboxylic acid groups (broad SMARTS) is 1. The van der Waals surface area contributed by atoms with E-state index in [4.69, 9.17) is 17.2 Å². The Morgan fingerprint density at radius 1 is 0.952 bits per heavy atom. The number of carboxylic acids is 1. The van der Waals surface area contributed by atoms with E-state index in [0.717, 1.165) is 6.42 Å². The SMILES string of the molecule is CCCCC[C@@H](C)N.CC[C@H](C)N.CC[C@H](N)C(=O)[O-].[Rb+]. The molecule has 0 spiro atoms. The summed E-state index contributed by atoms with van der Waals surface area (Å²) in [7, 11) is 0. The molecule has 0 saturated carbocycles. The predicted molar refractivity (Wildman–Crippen MR) is 85.0 cm³/mol. The molecule has 0 heterocycles. The van der Waals surface area contributed by atoms with Crippen molar-refractivity contribution in [1.82, 2.24) is 0 Å². The zero-order valence-corrected chi connectivity index (χ0v) is 19.9. The number of aliphatic carboxylic acids is 1. The van der Waals surface area contributed by atoms with E-state index in [1.165, 1.54) is 25.7 Å². The van der Waals surface area contributed by atoms with Crippen LogP contribution in [0.25, 0.3) is 0 Å². The molecule has 0 rings (SSSR count). The zero-order chi connectivity index (χ0) is 16.6. The van der Waals surface area contributed by atoms with Gasteiger partial charge in [-0.15, -0.1) is 0 Å². The molecule has 0 radical (unpaired) electrons. The van der Waals surface area contributed by atoms with Crippen LogP contribution in [0.1, 0.15) is 73.1 Å². The number of nitrogens with two attached hydrogens (primary N) is 3. The Kier molecular flexibility index (Phi) is 33.6. The van der Waals surface area contributed by atoms with Gasteiger partial charge >= 0.3 is 58.2 Å². The molecular formula is C15H36N3O2Rb. The van der Waals surface area contributed by atoms with Crippen molar-refractivity contribution in [3.8, 4) is 0 Å². The first kappa shape index (κ1) is 30.1. The maximum absolute atomic E-state index is 9.69. The second kappa shape index (κ2) is 23.4. The molecule has 0 aliphatic rings. The predicted octanol–water partition coefficient (Wildman–Crippen LogP) is -1.86. The summed E-state index contributed by atoms with van der Waals surface area (Å²) in [5, 5.41) is 9.69. The second-order valence-electron chi connectivity index (χ2n) is 5.19. The van der Waals surface area contributed by atoms with E-state index >= 15 is 0 Å². The maximum atomic E-state index is 9.69. The van der Waals surface area contributed by atoms with Crippen molar-refractivity contribution < 1.29 is 68.1 Å². The average Bonchev–Trinajstić information content (AvgIpc) is 2.39. The Morgan fingerprint density at radius 2 is 1.38 bits per heavy atom. The van der Waals surface area contributed by atoms with Gasteiger partial charge in [0.2, 0.25) is 0 Å². The van der Waals surface area contributed by atoms with E-state index < -0.39 is 12.0 Å². The van der Waals surface area contributed by atoms with Crippen molar-refractivity contribution in [3.05, 3.63) is 0 Å². The number of carbonyl (C=O) groups is 1. The molecular weight excluding hydrogens is 340 g/mol. The molecule has 5 nitrogen and oxygen atoms in total. The molecule has 0 aromatic heterocycles. The third-order valence-electron chi connectivity index (χ3n) is 2.65. The van der Waals surface area contributed by atoms with Crippen LogP contribution in [0.4, 0.5) is 0 Å². The van der Waals surface area contributed by atoms with Gasteiger partial charge in [-0.2, -0.15) is 0 Å². The van der Waals surface area contributed by atoms with Gasteiger partial charge in [0, 0.05) is 18.1 Å². The van der Waals surface area contributed by atoms with Gasteiger partial charge in [-0.05, 0) is 33.1 Å². The van der Waals surface area contributed by atoms with Gasteiger partial charge in [0.1, 0.15) is 0 Å². The van der Waals surface area contributed by atoms with E-state index in [-0.39, 0.29) is 58.2 Å². The molecule has 21 heavy (non-hydrogen) atoms. The summed E-state index contributed by atoms with van der Waals surface area (Å²) in [6.45, 7) is 10.0. The summed E-state index contributed by atoms with van der Waals surface area (Å²) in [6.07, 6.45) is 6.64. The zero-order valence-electron chi connectivity index (χ0n) is 15.0. The molecule has 124 valence electrons. The summed E-state index contributed by atoms with van der Waals surface area (Å²) in [4.78, 5) is 9.69. The summed E-state index contributed by atoms with van der Waals surface area (Å²) in [5.41, 5.74) is 15.8. The molecule has 0 aromatic rings. The van der Waals surface area contributed by atoms with Crippen LogP contribution in [0.2, 0.25) is 0 Å². The number of carbonyl (C=O) groups excluding carboxylic acids is 1. The standard InChI is InChI=1S/C7H17N.C4H9NO2.C4H11N.Rb/c1-3-4-5-6-7(2)8;1-2-3(5)4(6)7;1-3-4(2)5;/h7H,3-6,8H2,1-2H3;3H,2,5H2,1H3,(H,6,7);4H,3,5H2,1-2H3;/q;;;+1/p-1/t7-;3-;4-;/m100./s1. The molecule has 0 aromatic carbocycles. The average molecular weight is 376 g/mol. The number of hydrogen-bond donors (Lipinski definition) is 3. The van der Waals surface area contributed by atoms with E-state index in [0.29, 0.717) is 18.5 Å². The quantitative estimate of drug-likeness (QED) is 0.451. The largest absolute Gasteiger partial charge is 1.00 e. The van der Waals surface area contributed by atoms with E-state index in [9.17, 15) is 9.90 Å². The third-order valence-corrected chi connectivity index (χ3v) is 2.65.